The van der Waals surface area contributed by atoms with Crippen LogP contribution >= 0.6 is 0 Å². The van der Waals surface area contributed by atoms with E-state index in [-0.39, 0.29) is 42.7 Å². The third kappa shape index (κ3) is 3.46. The molecule has 2 aromatic rings. The zero-order valence-corrected chi connectivity index (χ0v) is 16.9. The monoisotopic (exact) mass is 422 g/mol. The summed E-state index contributed by atoms with van der Waals surface area (Å²) in [7, 11) is 0. The van der Waals surface area contributed by atoms with Crippen molar-refractivity contribution >= 4 is 23.4 Å². The van der Waals surface area contributed by atoms with Gasteiger partial charge in [0.2, 0.25) is 11.8 Å². The molecule has 2 N–H and O–H groups in total. The Hall–Kier alpha value is -3.26. The smallest absolute Gasteiger partial charge is 0.256 e. The highest BCUT2D eigenvalue weighted by Gasteiger charge is 2.41. The Labute approximate surface area is 179 Å². The molecule has 0 spiro atoms. The van der Waals surface area contributed by atoms with Crippen molar-refractivity contribution in [3.8, 4) is 11.1 Å². The van der Waals surface area contributed by atoms with Crippen molar-refractivity contribution in [1.29, 1.82) is 0 Å². The highest BCUT2D eigenvalue weighted by atomic mass is 19.1. The highest BCUT2D eigenvalue weighted by molar-refractivity contribution is 6.10. The fourth-order valence-corrected chi connectivity index (χ4v) is 4.63. The second kappa shape index (κ2) is 7.77. The number of carbonyl (C=O) groups is 3. The first-order valence-corrected chi connectivity index (χ1v) is 10.6. The molecular formula is C23H23FN4O3. The lowest BCUT2D eigenvalue weighted by atomic mass is 10.0. The predicted octanol–water partition coefficient (Wildman–Crippen LogP) is 1.85. The molecule has 2 aromatic carbocycles. The molecule has 0 aliphatic carbocycles. The fourth-order valence-electron chi connectivity index (χ4n) is 4.63. The number of fused-ring (bicyclic) bond motifs is 2. The number of rotatable bonds is 2. The Kier molecular flexibility index (Phi) is 4.94. The summed E-state index contributed by atoms with van der Waals surface area (Å²) in [5.41, 5.74) is 1.69. The van der Waals surface area contributed by atoms with Crippen molar-refractivity contribution in [3.05, 3.63) is 53.8 Å². The van der Waals surface area contributed by atoms with Crippen LogP contribution in [0.1, 0.15) is 23.2 Å². The molecule has 0 aromatic heterocycles. The summed E-state index contributed by atoms with van der Waals surface area (Å²) in [4.78, 5) is 42.3. The van der Waals surface area contributed by atoms with E-state index in [0.717, 1.165) is 19.4 Å². The molecule has 3 heterocycles. The molecule has 7 nitrogen and oxygen atoms in total. The van der Waals surface area contributed by atoms with Crippen LogP contribution in [0.15, 0.2) is 42.5 Å². The van der Waals surface area contributed by atoms with Crippen molar-refractivity contribution in [3.63, 3.8) is 0 Å². The number of hydrogen-bond donors (Lipinski definition) is 2. The molecule has 0 bridgehead atoms. The third-order valence-corrected chi connectivity index (χ3v) is 6.31. The third-order valence-electron chi connectivity index (χ3n) is 6.31. The second-order valence-electron chi connectivity index (χ2n) is 8.18. The molecule has 2 fully saturated rings. The molecule has 2 unspecified atom stereocenters. The van der Waals surface area contributed by atoms with Gasteiger partial charge in [-0.05, 0) is 43.1 Å². The van der Waals surface area contributed by atoms with Crippen LogP contribution in [0, 0.1) is 5.82 Å². The van der Waals surface area contributed by atoms with E-state index in [1.807, 2.05) is 0 Å². The van der Waals surface area contributed by atoms with Gasteiger partial charge in [0, 0.05) is 18.7 Å². The van der Waals surface area contributed by atoms with Crippen LogP contribution in [0.4, 0.5) is 10.1 Å². The minimum atomic E-state index is -0.754. The van der Waals surface area contributed by atoms with E-state index < -0.39 is 6.04 Å². The van der Waals surface area contributed by atoms with Gasteiger partial charge in [-0.25, -0.2) is 4.39 Å². The SMILES string of the molecule is O=C1Nc2ccc(-c3ccccc3F)cc2C(=O)N2CCN(C(=O)C3CCCN3)CC12. The quantitative estimate of drug-likeness (QED) is 0.774. The largest absolute Gasteiger partial charge is 0.337 e. The number of anilines is 1. The van der Waals surface area contributed by atoms with E-state index >= 15 is 0 Å². The van der Waals surface area contributed by atoms with Gasteiger partial charge in [-0.2, -0.15) is 0 Å². The normalized spacial score (nSPS) is 23.1. The van der Waals surface area contributed by atoms with Crippen LogP contribution in [-0.4, -0.2) is 65.8 Å². The van der Waals surface area contributed by atoms with Crippen molar-refractivity contribution in [2.24, 2.45) is 0 Å². The van der Waals surface area contributed by atoms with Crippen LogP contribution < -0.4 is 10.6 Å². The number of carbonyl (C=O) groups excluding carboxylic acids is 3. The summed E-state index contributed by atoms with van der Waals surface area (Å²) < 4.78 is 14.3. The predicted molar refractivity (Wildman–Crippen MR) is 113 cm³/mol. The topological polar surface area (TPSA) is 81.8 Å². The van der Waals surface area contributed by atoms with Gasteiger partial charge in [0.1, 0.15) is 11.9 Å². The zero-order valence-electron chi connectivity index (χ0n) is 16.9. The molecule has 160 valence electrons. The van der Waals surface area contributed by atoms with Crippen molar-refractivity contribution in [1.82, 2.24) is 15.1 Å². The van der Waals surface area contributed by atoms with E-state index in [4.69, 9.17) is 0 Å². The first-order valence-electron chi connectivity index (χ1n) is 10.6. The van der Waals surface area contributed by atoms with Crippen molar-refractivity contribution in [2.45, 2.75) is 24.9 Å². The maximum Gasteiger partial charge on any atom is 0.256 e. The molecule has 2 saturated heterocycles. The molecule has 3 aliphatic rings. The Morgan fingerprint density at radius 1 is 1.06 bits per heavy atom. The van der Waals surface area contributed by atoms with E-state index in [1.54, 1.807) is 41.3 Å². The summed E-state index contributed by atoms with van der Waals surface area (Å²) >= 11 is 0. The minimum Gasteiger partial charge on any atom is -0.337 e. The summed E-state index contributed by atoms with van der Waals surface area (Å²) in [6, 6.07) is 10.4. The molecule has 0 radical (unpaired) electrons. The van der Waals surface area contributed by atoms with Crippen LogP contribution in [0.5, 0.6) is 0 Å². The average molecular weight is 422 g/mol. The van der Waals surface area contributed by atoms with Crippen molar-refractivity contribution in [2.75, 3.05) is 31.5 Å². The van der Waals surface area contributed by atoms with Gasteiger partial charge in [-0.1, -0.05) is 24.3 Å². The van der Waals surface area contributed by atoms with E-state index in [9.17, 15) is 18.8 Å². The van der Waals surface area contributed by atoms with Crippen molar-refractivity contribution < 1.29 is 18.8 Å². The number of nitrogens with one attached hydrogen (secondary N) is 2. The number of nitrogens with zero attached hydrogens (tertiary/aromatic N) is 2. The van der Waals surface area contributed by atoms with Crippen LogP contribution in [0.3, 0.4) is 0 Å². The molecule has 31 heavy (non-hydrogen) atoms. The minimum absolute atomic E-state index is 0.0130. The molecule has 8 heteroatoms. The maximum absolute atomic E-state index is 14.3. The summed E-state index contributed by atoms with van der Waals surface area (Å²) in [5.74, 6) is -0.996. The Bertz CT molecular complexity index is 1070. The lowest BCUT2D eigenvalue weighted by Crippen LogP contribution is -2.61. The Morgan fingerprint density at radius 3 is 2.68 bits per heavy atom. The first-order chi connectivity index (χ1) is 15.0. The number of hydrogen-bond acceptors (Lipinski definition) is 4. The first kappa shape index (κ1) is 19.7. The Balaban J connectivity index is 1.43. The summed E-state index contributed by atoms with van der Waals surface area (Å²) in [6.07, 6.45) is 1.75. The number of halogens is 1. The standard InChI is InChI=1S/C23H23FN4O3/c24-17-5-2-1-4-15(17)14-7-8-18-16(12-14)22(30)28-11-10-27(13-20(28)21(29)26-18)23(31)19-6-3-9-25-19/h1-2,4-5,7-8,12,19-20,25H,3,6,9-11,13H2,(H,26,29). The van der Waals surface area contributed by atoms with E-state index in [1.165, 1.54) is 11.0 Å². The van der Waals surface area contributed by atoms with E-state index in [0.29, 0.717) is 28.9 Å². The lowest BCUT2D eigenvalue weighted by molar-refractivity contribution is -0.137. The van der Waals surface area contributed by atoms with Gasteiger partial charge >= 0.3 is 0 Å². The second-order valence-corrected chi connectivity index (χ2v) is 8.18. The van der Waals surface area contributed by atoms with Crippen LogP contribution in [0.25, 0.3) is 11.1 Å². The van der Waals surface area contributed by atoms with Gasteiger partial charge in [0.25, 0.3) is 5.91 Å². The zero-order chi connectivity index (χ0) is 21.5. The summed E-state index contributed by atoms with van der Waals surface area (Å²) in [6.45, 7) is 1.65. The number of amides is 3. The van der Waals surface area contributed by atoms with E-state index in [2.05, 4.69) is 10.6 Å². The molecule has 3 amide bonds. The Morgan fingerprint density at radius 2 is 1.90 bits per heavy atom. The maximum atomic E-state index is 14.3. The number of benzene rings is 2. The van der Waals surface area contributed by atoms with Gasteiger partial charge in [0.15, 0.2) is 0 Å². The van der Waals surface area contributed by atoms with Gasteiger partial charge in [-0.15, -0.1) is 0 Å². The molecule has 2 atom stereocenters. The summed E-state index contributed by atoms with van der Waals surface area (Å²) in [5, 5.41) is 6.02. The van der Waals surface area contributed by atoms with Gasteiger partial charge in [-0.3, -0.25) is 14.4 Å². The average Bonchev–Trinajstić information content (AvgIpc) is 3.30. The fraction of sp³-hybridized carbons (Fsp3) is 0.348. The molecule has 0 saturated carbocycles. The van der Waals surface area contributed by atoms with Gasteiger partial charge < -0.3 is 20.4 Å². The van der Waals surface area contributed by atoms with Crippen LogP contribution in [-0.2, 0) is 9.59 Å². The lowest BCUT2D eigenvalue weighted by Gasteiger charge is -2.40. The molecule has 3 aliphatic heterocycles. The molecular weight excluding hydrogens is 399 g/mol. The van der Waals surface area contributed by atoms with Gasteiger partial charge in [0.05, 0.1) is 23.8 Å². The molecule has 5 rings (SSSR count). The highest BCUT2D eigenvalue weighted by Crippen LogP contribution is 2.31. The van der Waals surface area contributed by atoms with Crippen LogP contribution in [0.2, 0.25) is 0 Å². The number of piperazine rings is 1.